The van der Waals surface area contributed by atoms with E-state index in [1.807, 2.05) is 0 Å². The fraction of sp³-hybridized carbons (Fsp3) is 0.522. The topological polar surface area (TPSA) is 101 Å². The van der Waals surface area contributed by atoms with Gasteiger partial charge in [0.15, 0.2) is 6.61 Å². The van der Waals surface area contributed by atoms with Crippen LogP contribution in [0.4, 0.5) is 4.39 Å². The molecule has 1 aromatic carbocycles. The molecule has 0 radical (unpaired) electrons. The van der Waals surface area contributed by atoms with Gasteiger partial charge < -0.3 is 20.5 Å². The number of fused-ring (bicyclic) bond motifs is 3. The molecule has 0 spiro atoms. The minimum Gasteiger partial charge on any atom is -0.484 e. The molecule has 1 aromatic heterocycles. The molecule has 7 nitrogen and oxygen atoms in total. The first-order valence-corrected chi connectivity index (χ1v) is 12.4. The fourth-order valence-corrected chi connectivity index (χ4v) is 5.99. The van der Waals surface area contributed by atoms with E-state index in [4.69, 9.17) is 16.3 Å². The van der Waals surface area contributed by atoms with E-state index in [0.29, 0.717) is 43.7 Å². The van der Waals surface area contributed by atoms with E-state index >= 15 is 0 Å². The van der Waals surface area contributed by atoms with Gasteiger partial charge in [-0.25, -0.2) is 9.37 Å². The van der Waals surface area contributed by atoms with Crippen molar-refractivity contribution < 1.29 is 23.8 Å². The lowest BCUT2D eigenvalue weighted by atomic mass is 9.60. The highest BCUT2D eigenvalue weighted by molar-refractivity contribution is 7.10. The molecular weight excluding hydrogens is 469 g/mol. The van der Waals surface area contributed by atoms with Gasteiger partial charge in [-0.2, -0.15) is 0 Å². The van der Waals surface area contributed by atoms with Crippen LogP contribution in [0.15, 0.2) is 23.6 Å². The zero-order chi connectivity index (χ0) is 23.2. The summed E-state index contributed by atoms with van der Waals surface area (Å²) in [6.07, 6.45) is 4.23. The molecule has 4 aliphatic rings. The zero-order valence-corrected chi connectivity index (χ0v) is 19.5. The summed E-state index contributed by atoms with van der Waals surface area (Å²) < 4.78 is 18.9. The number of hydrogen-bond acceptors (Lipinski definition) is 6. The molecule has 0 aliphatic heterocycles. The average Bonchev–Trinajstić information content (AvgIpc) is 3.52. The molecule has 2 amide bonds. The van der Waals surface area contributed by atoms with Gasteiger partial charge in [-0.05, 0) is 57.1 Å². The predicted molar refractivity (Wildman–Crippen MR) is 121 cm³/mol. The number of nitrogens with one attached hydrogen (secondary N) is 2. The maximum Gasteiger partial charge on any atom is 0.271 e. The highest BCUT2D eigenvalue weighted by Gasteiger charge is 2.55. The van der Waals surface area contributed by atoms with Crippen LogP contribution in [0.3, 0.4) is 0 Å². The number of amides is 2. The smallest absolute Gasteiger partial charge is 0.271 e. The fourth-order valence-electron chi connectivity index (χ4n) is 4.91. The maximum absolute atomic E-state index is 13.5. The third-order valence-corrected chi connectivity index (χ3v) is 8.34. The Hall–Kier alpha value is -2.23. The van der Waals surface area contributed by atoms with Crippen molar-refractivity contribution in [1.29, 1.82) is 0 Å². The summed E-state index contributed by atoms with van der Waals surface area (Å²) in [5, 5.41) is 19.8. The molecule has 3 N–H and O–H groups in total. The Morgan fingerprint density at radius 1 is 1.24 bits per heavy atom. The number of aromatic nitrogens is 1. The van der Waals surface area contributed by atoms with Crippen LogP contribution < -0.4 is 15.4 Å². The summed E-state index contributed by atoms with van der Waals surface area (Å²) in [5.41, 5.74) is -0.806. The van der Waals surface area contributed by atoms with Gasteiger partial charge in [0.1, 0.15) is 17.3 Å². The second-order valence-electron chi connectivity index (χ2n) is 9.37. The van der Waals surface area contributed by atoms with Crippen molar-refractivity contribution >= 4 is 34.8 Å². The van der Waals surface area contributed by atoms with E-state index < -0.39 is 28.9 Å². The third kappa shape index (κ3) is 4.58. The summed E-state index contributed by atoms with van der Waals surface area (Å²) in [5.74, 6) is -0.507. The molecule has 1 heterocycles. The van der Waals surface area contributed by atoms with Crippen molar-refractivity contribution in [3.05, 3.63) is 45.1 Å². The van der Waals surface area contributed by atoms with Crippen LogP contribution in [0.25, 0.3) is 0 Å². The number of halogens is 2. The second-order valence-corrected chi connectivity index (χ2v) is 10.7. The Labute approximate surface area is 199 Å². The SMILES string of the molecule is O=C(COc1ccc(Cl)c(F)c1)NC12CCC(NC(=O)c3csc(C4CC4)n3)(CC1)CC2O. The normalized spacial score (nSPS) is 28.4. The van der Waals surface area contributed by atoms with Crippen LogP contribution >= 0.6 is 22.9 Å². The number of thiazole rings is 1. The van der Waals surface area contributed by atoms with E-state index in [0.717, 1.165) is 23.9 Å². The molecule has 4 aliphatic carbocycles. The van der Waals surface area contributed by atoms with Gasteiger partial charge in [-0.15, -0.1) is 11.3 Å². The Morgan fingerprint density at radius 2 is 2.00 bits per heavy atom. The van der Waals surface area contributed by atoms with Crippen molar-refractivity contribution in [2.24, 2.45) is 0 Å². The van der Waals surface area contributed by atoms with Crippen LogP contribution in [0, 0.1) is 5.82 Å². The highest BCUT2D eigenvalue weighted by atomic mass is 35.5. The Morgan fingerprint density at radius 3 is 2.67 bits per heavy atom. The van der Waals surface area contributed by atoms with Crippen LogP contribution in [-0.2, 0) is 4.79 Å². The van der Waals surface area contributed by atoms with Crippen molar-refractivity contribution in [1.82, 2.24) is 15.6 Å². The van der Waals surface area contributed by atoms with Crippen molar-refractivity contribution in [2.75, 3.05) is 6.61 Å². The molecule has 10 heteroatoms. The maximum atomic E-state index is 13.5. The first-order valence-electron chi connectivity index (χ1n) is 11.1. The molecular formula is C23H25ClFN3O4S. The van der Waals surface area contributed by atoms with Gasteiger partial charge in [-0.1, -0.05) is 11.6 Å². The molecule has 0 saturated heterocycles. The lowest BCUT2D eigenvalue weighted by Gasteiger charge is -2.56. The van der Waals surface area contributed by atoms with Gasteiger partial charge in [0, 0.05) is 22.9 Å². The average molecular weight is 494 g/mol. The lowest BCUT2D eigenvalue weighted by Crippen LogP contribution is -2.70. The first-order chi connectivity index (χ1) is 15.8. The van der Waals surface area contributed by atoms with Gasteiger partial charge in [0.05, 0.1) is 21.7 Å². The van der Waals surface area contributed by atoms with Gasteiger partial charge >= 0.3 is 0 Å². The number of rotatable bonds is 7. The number of aliphatic hydroxyl groups is 1. The highest BCUT2D eigenvalue weighted by Crippen LogP contribution is 2.47. The molecule has 2 aromatic rings. The summed E-state index contributed by atoms with van der Waals surface area (Å²) in [6, 6.07) is 3.97. The predicted octanol–water partition coefficient (Wildman–Crippen LogP) is 3.55. The monoisotopic (exact) mass is 493 g/mol. The van der Waals surface area contributed by atoms with E-state index in [2.05, 4.69) is 15.6 Å². The van der Waals surface area contributed by atoms with Crippen LogP contribution in [0.1, 0.15) is 66.4 Å². The van der Waals surface area contributed by atoms with E-state index in [1.54, 1.807) is 5.38 Å². The summed E-state index contributed by atoms with van der Waals surface area (Å²) >= 11 is 7.19. The van der Waals surface area contributed by atoms with Gasteiger partial charge in [0.2, 0.25) is 0 Å². The van der Waals surface area contributed by atoms with E-state index in [1.165, 1.54) is 23.5 Å². The molecule has 6 rings (SSSR count). The Bertz CT molecular complexity index is 1080. The Balaban J connectivity index is 1.17. The molecule has 4 fully saturated rings. The number of carbonyl (C=O) groups is 2. The number of ether oxygens (including phenoxy) is 1. The van der Waals surface area contributed by atoms with Crippen molar-refractivity contribution in [3.63, 3.8) is 0 Å². The third-order valence-electron chi connectivity index (χ3n) is 7.03. The molecule has 1 atom stereocenters. The van der Waals surface area contributed by atoms with Crippen LogP contribution in [-0.4, -0.2) is 45.7 Å². The number of aliphatic hydroxyl groups excluding tert-OH is 1. The van der Waals surface area contributed by atoms with Crippen LogP contribution in [0.5, 0.6) is 5.75 Å². The number of hydrogen-bond donors (Lipinski definition) is 3. The minimum atomic E-state index is -0.797. The second kappa shape index (κ2) is 8.52. The number of carbonyl (C=O) groups excluding carboxylic acids is 2. The summed E-state index contributed by atoms with van der Waals surface area (Å²) in [7, 11) is 0. The number of nitrogens with zero attached hydrogens (tertiary/aromatic N) is 1. The van der Waals surface area contributed by atoms with Gasteiger partial charge in [-0.3, -0.25) is 9.59 Å². The van der Waals surface area contributed by atoms with Gasteiger partial charge in [0.25, 0.3) is 11.8 Å². The van der Waals surface area contributed by atoms with Crippen molar-refractivity contribution in [2.45, 2.75) is 68.0 Å². The minimum absolute atomic E-state index is 0.0214. The van der Waals surface area contributed by atoms with E-state index in [9.17, 15) is 19.1 Å². The quantitative estimate of drug-likeness (QED) is 0.547. The Kier molecular flexibility index (Phi) is 5.83. The molecule has 4 saturated carbocycles. The largest absolute Gasteiger partial charge is 0.484 e. The van der Waals surface area contributed by atoms with Crippen molar-refractivity contribution in [3.8, 4) is 5.75 Å². The summed E-state index contributed by atoms with van der Waals surface area (Å²) in [4.78, 5) is 29.8. The standard InChI is InChI=1S/C23H25ClFN3O4S/c24-15-4-3-14(9-16(15)25)32-11-19(30)27-23-7-5-22(6-8-23,10-18(23)29)28-20(31)17-12-33-21(26-17)13-1-2-13/h3-4,9,12-13,18,29H,1-2,5-8,10-11H2,(H,27,30)(H,28,31). The number of benzene rings is 1. The molecule has 33 heavy (non-hydrogen) atoms. The summed E-state index contributed by atoms with van der Waals surface area (Å²) in [6.45, 7) is -0.301. The lowest BCUT2D eigenvalue weighted by molar-refractivity contribution is -0.132. The van der Waals surface area contributed by atoms with Crippen LogP contribution in [0.2, 0.25) is 5.02 Å². The first kappa shape index (κ1) is 22.6. The molecule has 1 unspecified atom stereocenters. The zero-order valence-electron chi connectivity index (χ0n) is 17.9. The van der Waals surface area contributed by atoms with E-state index in [-0.39, 0.29) is 23.3 Å². The molecule has 176 valence electrons. The molecule has 2 bridgehead atoms.